The van der Waals surface area contributed by atoms with E-state index in [-0.39, 0.29) is 66.8 Å². The van der Waals surface area contributed by atoms with Crippen LogP contribution in [-0.2, 0) is 25.7 Å². The van der Waals surface area contributed by atoms with Crippen molar-refractivity contribution in [2.24, 2.45) is 0 Å². The zero-order chi connectivity index (χ0) is 21.6. The number of benzene rings is 2. The van der Waals surface area contributed by atoms with Gasteiger partial charge >= 0.3 is 43.7 Å². The summed E-state index contributed by atoms with van der Waals surface area (Å²) in [4.78, 5) is 12.1. The number of rotatable bonds is 8. The van der Waals surface area contributed by atoms with Crippen LogP contribution >= 0.6 is 0 Å². The van der Waals surface area contributed by atoms with E-state index in [0.29, 0.717) is 30.4 Å². The summed E-state index contributed by atoms with van der Waals surface area (Å²) >= 11 is 0. The number of carboxylic acid groups (broad SMARTS) is 1. The van der Waals surface area contributed by atoms with Gasteiger partial charge in [-0.25, -0.2) is 4.79 Å². The fourth-order valence-electron chi connectivity index (χ4n) is 3.33. The average Bonchev–Trinajstić information content (AvgIpc) is 2.65. The number of phenolic OH excluding ortho intramolecular Hbond substituents is 1. The van der Waals surface area contributed by atoms with Crippen LogP contribution in [0.4, 0.5) is 0 Å². The van der Waals surface area contributed by atoms with Gasteiger partial charge in [-0.3, -0.25) is 0 Å². The van der Waals surface area contributed by atoms with E-state index in [1.54, 1.807) is 0 Å². The number of carbonyl (C=O) groups is 1. The topological polar surface area (TPSA) is 77.8 Å². The van der Waals surface area contributed by atoms with Crippen molar-refractivity contribution in [3.63, 3.8) is 0 Å². The largest absolute Gasteiger partial charge is 2.00 e. The Morgan fingerprint density at radius 3 is 1.83 bits per heavy atom. The van der Waals surface area contributed by atoms with Crippen LogP contribution in [0.2, 0.25) is 0 Å². The number of aromatic carboxylic acids is 1. The number of hydrogen-bond donors (Lipinski definition) is 3. The first-order chi connectivity index (χ1) is 13.7. The van der Waals surface area contributed by atoms with Gasteiger partial charge in [0.05, 0.1) is 0 Å². The van der Waals surface area contributed by atoms with Crippen LogP contribution in [0, 0.1) is 0 Å². The quantitative estimate of drug-likeness (QED) is 0.393. The van der Waals surface area contributed by atoms with Gasteiger partial charge in [0.15, 0.2) is 0 Å². The molecule has 0 bridgehead atoms. The fraction of sp³-hybridized carbons (Fsp3) is 0.320. The first kappa shape index (κ1) is 26.3. The van der Waals surface area contributed by atoms with Gasteiger partial charge in [0.2, 0.25) is 0 Å². The Morgan fingerprint density at radius 2 is 1.33 bits per heavy atom. The smallest absolute Gasteiger partial charge is 0.507 e. The molecule has 0 aromatic heterocycles. The molecule has 0 aliphatic carbocycles. The van der Waals surface area contributed by atoms with E-state index >= 15 is 0 Å². The van der Waals surface area contributed by atoms with Crippen LogP contribution in [0.3, 0.4) is 0 Å². The molecule has 0 atom stereocenters. The minimum absolute atomic E-state index is 0. The Hall–Kier alpha value is -1.75. The van der Waals surface area contributed by atoms with Crippen molar-refractivity contribution < 1.29 is 20.1 Å². The molecule has 0 saturated carbocycles. The van der Waals surface area contributed by atoms with Crippen LogP contribution in [-0.4, -0.2) is 59.0 Å². The van der Waals surface area contributed by atoms with Gasteiger partial charge in [-0.05, 0) is 64.5 Å². The Bertz CT molecular complexity index is 936. The number of phenols is 2. The summed E-state index contributed by atoms with van der Waals surface area (Å²) in [5, 5.41) is 31.6. The van der Waals surface area contributed by atoms with Crippen LogP contribution in [0.5, 0.6) is 11.5 Å². The Morgan fingerprint density at radius 1 is 0.800 bits per heavy atom. The molecule has 0 unspecified atom stereocenters. The molecule has 0 radical (unpaired) electrons. The van der Waals surface area contributed by atoms with E-state index in [1.165, 1.54) is 0 Å². The molecular weight excluding hydrogens is 404 g/mol. The number of aryl methyl sites for hydroxylation is 1. The third kappa shape index (κ3) is 6.90. The van der Waals surface area contributed by atoms with E-state index < -0.39 is 5.97 Å². The molecule has 0 heterocycles. The van der Waals surface area contributed by atoms with Crippen molar-refractivity contribution in [3.05, 3.63) is 81.4 Å². The molecule has 2 aromatic carbocycles. The molecule has 2 aromatic rings. The van der Waals surface area contributed by atoms with E-state index in [1.807, 2.05) is 70.2 Å². The summed E-state index contributed by atoms with van der Waals surface area (Å²) in [5.74, 6) is -1.52. The van der Waals surface area contributed by atoms with Gasteiger partial charge in [0.1, 0.15) is 17.1 Å². The summed E-state index contributed by atoms with van der Waals surface area (Å²) in [7, 11) is 0. The first-order valence-corrected chi connectivity index (χ1v) is 9.84. The number of aromatic hydroxyl groups is 2. The SMILES string of the molecule is CC(C)=CCc1c(O)c(CC=C(C)C)c(CCc2ccccc2)c(C(=O)O)c1O.[Ca+2]. The molecule has 2 rings (SSSR count). The van der Waals surface area contributed by atoms with Gasteiger partial charge in [-0.1, -0.05) is 53.6 Å². The maximum atomic E-state index is 12.1. The fourth-order valence-corrected chi connectivity index (χ4v) is 3.33. The second kappa shape index (κ2) is 12.2. The van der Waals surface area contributed by atoms with Gasteiger partial charge in [-0.2, -0.15) is 0 Å². The molecule has 4 nitrogen and oxygen atoms in total. The molecule has 0 saturated heterocycles. The predicted octanol–water partition coefficient (Wildman–Crippen LogP) is 5.22. The van der Waals surface area contributed by atoms with E-state index in [0.717, 1.165) is 16.7 Å². The van der Waals surface area contributed by atoms with Crippen molar-refractivity contribution in [2.45, 2.75) is 53.4 Å². The maximum Gasteiger partial charge on any atom is 2.00 e. The summed E-state index contributed by atoms with van der Waals surface area (Å²) in [6.45, 7) is 7.77. The average molecular weight is 435 g/mol. The monoisotopic (exact) mass is 434 g/mol. The van der Waals surface area contributed by atoms with Gasteiger partial charge < -0.3 is 15.3 Å². The third-order valence-electron chi connectivity index (χ3n) is 4.91. The van der Waals surface area contributed by atoms with Gasteiger partial charge in [0.25, 0.3) is 0 Å². The second-order valence-electron chi connectivity index (χ2n) is 7.77. The molecule has 3 N–H and O–H groups in total. The summed E-state index contributed by atoms with van der Waals surface area (Å²) in [6, 6.07) is 9.78. The number of carboxylic acids is 1. The summed E-state index contributed by atoms with van der Waals surface area (Å²) < 4.78 is 0. The molecule has 5 heteroatoms. The maximum absolute atomic E-state index is 12.1. The predicted molar refractivity (Wildman–Crippen MR) is 123 cm³/mol. The molecule has 0 aliphatic heterocycles. The van der Waals surface area contributed by atoms with Crippen LogP contribution in [0.15, 0.2) is 53.6 Å². The van der Waals surface area contributed by atoms with Crippen molar-refractivity contribution in [2.75, 3.05) is 0 Å². The molecule has 0 amide bonds. The summed E-state index contributed by atoms with van der Waals surface area (Å²) in [5.41, 5.74) is 4.42. The van der Waals surface area contributed by atoms with Crippen LogP contribution in [0.25, 0.3) is 0 Å². The van der Waals surface area contributed by atoms with Crippen molar-refractivity contribution >= 4 is 43.7 Å². The molecule has 0 spiro atoms. The standard InChI is InChI=1S/C25H30O4.Ca/c1-16(2)10-13-20-19(15-12-18-8-6-5-7-9-18)22(25(28)29)24(27)21(23(20)26)14-11-17(3)4;/h5-11,26-27H,12-15H2,1-4H3,(H,28,29);/q;+2. The Balaban J connectivity index is 0.00000450. The van der Waals surface area contributed by atoms with Crippen LogP contribution in [0.1, 0.15) is 60.3 Å². The zero-order valence-electron chi connectivity index (χ0n) is 18.3. The summed E-state index contributed by atoms with van der Waals surface area (Å²) in [6.07, 6.45) is 5.57. The zero-order valence-corrected chi connectivity index (χ0v) is 20.5. The molecule has 0 aliphatic rings. The second-order valence-corrected chi connectivity index (χ2v) is 7.77. The van der Waals surface area contributed by atoms with E-state index in [2.05, 4.69) is 0 Å². The number of allylic oxidation sites excluding steroid dienone is 4. The van der Waals surface area contributed by atoms with E-state index in [4.69, 9.17) is 0 Å². The number of hydrogen-bond acceptors (Lipinski definition) is 3. The minimum Gasteiger partial charge on any atom is -0.507 e. The van der Waals surface area contributed by atoms with Crippen molar-refractivity contribution in [3.8, 4) is 11.5 Å². The molecule has 154 valence electrons. The third-order valence-corrected chi connectivity index (χ3v) is 4.91. The van der Waals surface area contributed by atoms with Gasteiger partial charge in [0, 0.05) is 11.1 Å². The first-order valence-electron chi connectivity index (χ1n) is 9.84. The van der Waals surface area contributed by atoms with Crippen molar-refractivity contribution in [1.29, 1.82) is 0 Å². The molecular formula is C25H30CaO4+2. The molecule has 30 heavy (non-hydrogen) atoms. The molecule has 0 fully saturated rings. The Kier molecular flexibility index (Phi) is 10.7. The normalized spacial score (nSPS) is 10.1. The van der Waals surface area contributed by atoms with Crippen molar-refractivity contribution in [1.82, 2.24) is 0 Å². The van der Waals surface area contributed by atoms with Gasteiger partial charge in [-0.15, -0.1) is 0 Å². The Labute approximate surface area is 209 Å². The van der Waals surface area contributed by atoms with E-state index in [9.17, 15) is 20.1 Å². The van der Waals surface area contributed by atoms with Crippen LogP contribution < -0.4 is 0 Å². The minimum atomic E-state index is -1.18.